The van der Waals surface area contributed by atoms with Crippen LogP contribution in [-0.4, -0.2) is 6.04 Å². The van der Waals surface area contributed by atoms with Crippen molar-refractivity contribution in [1.82, 2.24) is 0 Å². The van der Waals surface area contributed by atoms with Crippen LogP contribution in [0.1, 0.15) is 39.2 Å². The van der Waals surface area contributed by atoms with Gasteiger partial charge in [0.1, 0.15) is 6.07 Å². The highest BCUT2D eigenvalue weighted by Crippen LogP contribution is 2.19. The molecule has 3 heteroatoms. The van der Waals surface area contributed by atoms with E-state index in [-0.39, 0.29) is 0 Å². The molecule has 1 aromatic rings. The van der Waals surface area contributed by atoms with E-state index < -0.39 is 0 Å². The van der Waals surface area contributed by atoms with Crippen LogP contribution in [0.5, 0.6) is 0 Å². The van der Waals surface area contributed by atoms with Crippen molar-refractivity contribution >= 4 is 11.4 Å². The number of nitriles is 1. The molecule has 0 amide bonds. The van der Waals surface area contributed by atoms with Crippen molar-refractivity contribution in [1.29, 1.82) is 5.26 Å². The first kappa shape index (κ1) is 13.4. The van der Waals surface area contributed by atoms with E-state index in [1.807, 2.05) is 12.1 Å². The first-order valence-corrected chi connectivity index (χ1v) is 6.09. The van der Waals surface area contributed by atoms with Crippen LogP contribution < -0.4 is 11.1 Å². The number of rotatable bonds is 5. The highest BCUT2D eigenvalue weighted by atomic mass is 14.9. The maximum atomic E-state index is 8.79. The number of nitrogen functional groups attached to an aromatic ring is 1. The summed E-state index contributed by atoms with van der Waals surface area (Å²) in [4.78, 5) is 0. The molecular weight excluding hydrogens is 210 g/mol. The van der Waals surface area contributed by atoms with E-state index in [2.05, 4.69) is 32.2 Å². The Morgan fingerprint density at radius 3 is 2.53 bits per heavy atom. The topological polar surface area (TPSA) is 61.8 Å². The Kier molecular flexibility index (Phi) is 4.84. The maximum Gasteiger partial charge on any atom is 0.101 e. The van der Waals surface area contributed by atoms with Crippen LogP contribution in [0.3, 0.4) is 0 Å². The zero-order chi connectivity index (χ0) is 12.8. The van der Waals surface area contributed by atoms with Gasteiger partial charge in [0.05, 0.1) is 11.3 Å². The van der Waals surface area contributed by atoms with Gasteiger partial charge in [0.15, 0.2) is 0 Å². The van der Waals surface area contributed by atoms with Gasteiger partial charge in [-0.25, -0.2) is 0 Å². The Morgan fingerprint density at radius 1 is 1.29 bits per heavy atom. The summed E-state index contributed by atoms with van der Waals surface area (Å²) in [5, 5.41) is 12.2. The van der Waals surface area contributed by atoms with Gasteiger partial charge in [-0.3, -0.25) is 0 Å². The van der Waals surface area contributed by atoms with E-state index in [0.29, 0.717) is 17.3 Å². The fourth-order valence-electron chi connectivity index (χ4n) is 1.69. The first-order valence-electron chi connectivity index (χ1n) is 6.09. The van der Waals surface area contributed by atoms with E-state index in [4.69, 9.17) is 11.0 Å². The summed E-state index contributed by atoms with van der Waals surface area (Å²) in [6.45, 7) is 6.62. The molecule has 0 saturated carbocycles. The van der Waals surface area contributed by atoms with Crippen molar-refractivity contribution in [3.63, 3.8) is 0 Å². The normalized spacial score (nSPS) is 12.2. The molecule has 3 nitrogen and oxygen atoms in total. The van der Waals surface area contributed by atoms with Crippen molar-refractivity contribution in [3.05, 3.63) is 23.8 Å². The molecule has 17 heavy (non-hydrogen) atoms. The number of benzene rings is 1. The molecular formula is C14H21N3. The van der Waals surface area contributed by atoms with Crippen LogP contribution in [0.2, 0.25) is 0 Å². The molecule has 1 aromatic carbocycles. The molecule has 1 unspecified atom stereocenters. The maximum absolute atomic E-state index is 8.79. The Labute approximate surface area is 104 Å². The molecule has 0 heterocycles. The Bertz CT molecular complexity index is 404. The summed E-state index contributed by atoms with van der Waals surface area (Å²) in [6.07, 6.45) is 2.34. The SMILES string of the molecule is CC(C)CCC(C)Nc1ccc(C#N)c(N)c1. The second kappa shape index (κ2) is 6.15. The fourth-order valence-corrected chi connectivity index (χ4v) is 1.69. The van der Waals surface area contributed by atoms with Crippen molar-refractivity contribution < 1.29 is 0 Å². The van der Waals surface area contributed by atoms with Crippen molar-refractivity contribution in [2.24, 2.45) is 5.92 Å². The molecule has 1 atom stereocenters. The number of hydrogen-bond acceptors (Lipinski definition) is 3. The Balaban J connectivity index is 2.57. The Morgan fingerprint density at radius 2 is 2.00 bits per heavy atom. The highest BCUT2D eigenvalue weighted by molar-refractivity contribution is 5.62. The number of nitrogens with one attached hydrogen (secondary N) is 1. The van der Waals surface area contributed by atoms with Crippen molar-refractivity contribution in [2.75, 3.05) is 11.1 Å². The average molecular weight is 231 g/mol. The molecule has 0 aliphatic heterocycles. The van der Waals surface area contributed by atoms with Crippen LogP contribution in [0.25, 0.3) is 0 Å². The van der Waals surface area contributed by atoms with Crippen molar-refractivity contribution in [3.8, 4) is 6.07 Å². The van der Waals surface area contributed by atoms with Crippen LogP contribution in [-0.2, 0) is 0 Å². The van der Waals surface area contributed by atoms with Crippen LogP contribution >= 0.6 is 0 Å². The number of anilines is 2. The van der Waals surface area contributed by atoms with Gasteiger partial charge in [0, 0.05) is 11.7 Å². The number of nitrogens with two attached hydrogens (primary N) is 1. The molecule has 1 rings (SSSR count). The minimum absolute atomic E-state index is 0.421. The summed E-state index contributed by atoms with van der Waals surface area (Å²) in [7, 11) is 0. The molecule has 0 aliphatic rings. The van der Waals surface area contributed by atoms with Gasteiger partial charge in [-0.15, -0.1) is 0 Å². The van der Waals surface area contributed by atoms with Gasteiger partial charge in [0.2, 0.25) is 0 Å². The summed E-state index contributed by atoms with van der Waals surface area (Å²) in [6, 6.07) is 7.97. The largest absolute Gasteiger partial charge is 0.398 e. The summed E-state index contributed by atoms with van der Waals surface area (Å²) >= 11 is 0. The molecule has 0 fully saturated rings. The second-order valence-electron chi connectivity index (χ2n) is 4.93. The van der Waals surface area contributed by atoms with Gasteiger partial charge in [0.25, 0.3) is 0 Å². The van der Waals surface area contributed by atoms with Crippen LogP contribution in [0, 0.1) is 17.2 Å². The lowest BCUT2D eigenvalue weighted by Crippen LogP contribution is -2.16. The van der Waals surface area contributed by atoms with Crippen molar-refractivity contribution in [2.45, 2.75) is 39.7 Å². The molecule has 0 radical (unpaired) electrons. The van der Waals surface area contributed by atoms with Gasteiger partial charge < -0.3 is 11.1 Å². The van der Waals surface area contributed by atoms with Gasteiger partial charge >= 0.3 is 0 Å². The fraction of sp³-hybridized carbons (Fsp3) is 0.500. The lowest BCUT2D eigenvalue weighted by atomic mass is 10.0. The van der Waals surface area contributed by atoms with Crippen LogP contribution in [0.4, 0.5) is 11.4 Å². The molecule has 0 aliphatic carbocycles. The molecule has 0 aromatic heterocycles. The standard InChI is InChI=1S/C14H21N3/c1-10(2)4-5-11(3)17-13-7-6-12(9-15)14(16)8-13/h6-8,10-11,17H,4-5,16H2,1-3H3. The number of hydrogen-bond donors (Lipinski definition) is 2. The minimum atomic E-state index is 0.421. The third-order valence-electron chi connectivity index (χ3n) is 2.76. The molecule has 92 valence electrons. The third kappa shape index (κ3) is 4.36. The predicted molar refractivity (Wildman–Crippen MR) is 72.7 cm³/mol. The van der Waals surface area contributed by atoms with E-state index in [1.165, 1.54) is 6.42 Å². The summed E-state index contributed by atoms with van der Waals surface area (Å²) in [5.74, 6) is 0.727. The predicted octanol–water partition coefficient (Wildman–Crippen LogP) is 3.38. The molecule has 0 saturated heterocycles. The zero-order valence-electron chi connectivity index (χ0n) is 10.8. The summed E-state index contributed by atoms with van der Waals surface area (Å²) in [5.41, 5.74) is 7.82. The second-order valence-corrected chi connectivity index (χ2v) is 4.93. The van der Waals surface area contributed by atoms with E-state index in [9.17, 15) is 0 Å². The van der Waals surface area contributed by atoms with E-state index in [0.717, 1.165) is 18.0 Å². The smallest absolute Gasteiger partial charge is 0.101 e. The monoisotopic (exact) mass is 231 g/mol. The highest BCUT2D eigenvalue weighted by Gasteiger charge is 2.05. The van der Waals surface area contributed by atoms with E-state index in [1.54, 1.807) is 6.07 Å². The Hall–Kier alpha value is -1.69. The van der Waals surface area contributed by atoms with E-state index >= 15 is 0 Å². The van der Waals surface area contributed by atoms with Crippen LogP contribution in [0.15, 0.2) is 18.2 Å². The quantitative estimate of drug-likeness (QED) is 0.764. The minimum Gasteiger partial charge on any atom is -0.398 e. The summed E-state index contributed by atoms with van der Waals surface area (Å²) < 4.78 is 0. The first-order chi connectivity index (χ1) is 8.02. The molecule has 3 N–H and O–H groups in total. The molecule has 0 bridgehead atoms. The molecule has 0 spiro atoms. The van der Waals surface area contributed by atoms with Gasteiger partial charge in [-0.2, -0.15) is 5.26 Å². The lowest BCUT2D eigenvalue weighted by Gasteiger charge is -2.16. The zero-order valence-corrected chi connectivity index (χ0v) is 10.8. The number of nitrogens with zero attached hydrogens (tertiary/aromatic N) is 1. The third-order valence-corrected chi connectivity index (χ3v) is 2.76. The lowest BCUT2D eigenvalue weighted by molar-refractivity contribution is 0.528. The van der Waals surface area contributed by atoms with Gasteiger partial charge in [-0.1, -0.05) is 13.8 Å². The average Bonchev–Trinajstić information content (AvgIpc) is 2.26. The van der Waals surface area contributed by atoms with Gasteiger partial charge in [-0.05, 0) is 43.9 Å².